The van der Waals surface area contributed by atoms with Crippen LogP contribution in [0.4, 0.5) is 5.69 Å². The Hall–Kier alpha value is -1.84. The molecule has 0 fully saturated rings. The molecule has 2 heterocycles. The molecule has 0 amide bonds. The van der Waals surface area contributed by atoms with Crippen molar-refractivity contribution in [1.29, 1.82) is 0 Å². The van der Waals surface area contributed by atoms with Gasteiger partial charge in [-0.15, -0.1) is 10.2 Å². The van der Waals surface area contributed by atoms with Gasteiger partial charge in [-0.05, 0) is 18.1 Å². The van der Waals surface area contributed by atoms with Gasteiger partial charge in [0.15, 0.2) is 5.82 Å². The maximum absolute atomic E-state index is 4.10. The highest BCUT2D eigenvalue weighted by Crippen LogP contribution is 2.27. The molecule has 0 unspecified atom stereocenters. The summed E-state index contributed by atoms with van der Waals surface area (Å²) in [5.41, 5.74) is 3.74. The Morgan fingerprint density at radius 3 is 3.13 bits per heavy atom. The summed E-state index contributed by atoms with van der Waals surface area (Å²) < 4.78 is 1.93. The summed E-state index contributed by atoms with van der Waals surface area (Å²) in [6.45, 7) is 1.04. The van der Waals surface area contributed by atoms with Crippen LogP contribution in [0.5, 0.6) is 0 Å². The normalized spacial score (nSPS) is 13.7. The van der Waals surface area contributed by atoms with Crippen molar-refractivity contribution in [3.05, 3.63) is 30.1 Å². The Balaban J connectivity index is 2.11. The van der Waals surface area contributed by atoms with E-state index in [0.717, 1.165) is 24.4 Å². The third-order valence-electron chi connectivity index (χ3n) is 2.79. The predicted molar refractivity (Wildman–Crippen MR) is 58.6 cm³/mol. The van der Waals surface area contributed by atoms with Crippen LogP contribution in [-0.2, 0) is 13.5 Å². The molecule has 15 heavy (non-hydrogen) atoms. The van der Waals surface area contributed by atoms with Crippen molar-refractivity contribution in [3.63, 3.8) is 0 Å². The molecule has 0 radical (unpaired) electrons. The largest absolute Gasteiger partial charge is 0.384 e. The number of nitrogens with zero attached hydrogens (tertiary/aromatic N) is 3. The minimum atomic E-state index is 0.909. The average molecular weight is 200 g/mol. The zero-order valence-electron chi connectivity index (χ0n) is 8.57. The second-order valence-corrected chi connectivity index (χ2v) is 3.81. The molecule has 1 aromatic carbocycles. The van der Waals surface area contributed by atoms with E-state index in [-0.39, 0.29) is 0 Å². The molecular weight excluding hydrogens is 188 g/mol. The van der Waals surface area contributed by atoms with Gasteiger partial charge in [-0.2, -0.15) is 0 Å². The molecule has 2 aromatic rings. The second-order valence-electron chi connectivity index (χ2n) is 3.81. The molecule has 4 nitrogen and oxygen atoms in total. The molecule has 0 saturated heterocycles. The molecule has 76 valence electrons. The molecule has 0 aliphatic carbocycles. The summed E-state index contributed by atoms with van der Waals surface area (Å²) in [5.74, 6) is 0.909. The smallest absolute Gasteiger partial charge is 0.163 e. The average Bonchev–Trinajstić information content (AvgIpc) is 2.84. The fourth-order valence-corrected chi connectivity index (χ4v) is 1.97. The maximum atomic E-state index is 4.10. The van der Waals surface area contributed by atoms with E-state index in [2.05, 4.69) is 33.7 Å². The van der Waals surface area contributed by atoms with Gasteiger partial charge in [-0.25, -0.2) is 0 Å². The lowest BCUT2D eigenvalue weighted by Crippen LogP contribution is -1.93. The van der Waals surface area contributed by atoms with E-state index in [1.807, 2.05) is 11.6 Å². The van der Waals surface area contributed by atoms with Gasteiger partial charge in [0.1, 0.15) is 6.33 Å². The van der Waals surface area contributed by atoms with Gasteiger partial charge >= 0.3 is 0 Å². The van der Waals surface area contributed by atoms with Crippen molar-refractivity contribution in [2.24, 2.45) is 7.05 Å². The van der Waals surface area contributed by atoms with Crippen molar-refractivity contribution in [3.8, 4) is 11.4 Å². The van der Waals surface area contributed by atoms with Crippen LogP contribution in [0.1, 0.15) is 5.56 Å². The van der Waals surface area contributed by atoms with E-state index in [4.69, 9.17) is 0 Å². The van der Waals surface area contributed by atoms with Crippen LogP contribution < -0.4 is 5.32 Å². The molecule has 1 aliphatic rings. The topological polar surface area (TPSA) is 42.7 Å². The highest BCUT2D eigenvalue weighted by molar-refractivity contribution is 5.67. The summed E-state index contributed by atoms with van der Waals surface area (Å²) >= 11 is 0. The first-order valence-corrected chi connectivity index (χ1v) is 5.06. The Morgan fingerprint density at radius 1 is 1.40 bits per heavy atom. The highest BCUT2D eigenvalue weighted by Gasteiger charge is 2.12. The standard InChI is InChI=1S/C11H12N4/c1-15-7-13-14-11(15)9-3-2-8-4-5-12-10(8)6-9/h2-3,6-7,12H,4-5H2,1H3. The molecule has 0 saturated carbocycles. The van der Waals surface area contributed by atoms with Crippen molar-refractivity contribution >= 4 is 5.69 Å². The zero-order valence-corrected chi connectivity index (χ0v) is 8.57. The van der Waals surface area contributed by atoms with Crippen molar-refractivity contribution in [2.75, 3.05) is 11.9 Å². The van der Waals surface area contributed by atoms with Crippen LogP contribution in [0.3, 0.4) is 0 Å². The van der Waals surface area contributed by atoms with Crippen LogP contribution in [0.15, 0.2) is 24.5 Å². The predicted octanol–water partition coefficient (Wildman–Crippen LogP) is 1.45. The molecule has 0 spiro atoms. The van der Waals surface area contributed by atoms with E-state index < -0.39 is 0 Å². The molecular formula is C11H12N4. The number of fused-ring (bicyclic) bond motifs is 1. The van der Waals surface area contributed by atoms with E-state index >= 15 is 0 Å². The van der Waals surface area contributed by atoms with Gasteiger partial charge in [-0.3, -0.25) is 0 Å². The first-order valence-electron chi connectivity index (χ1n) is 5.06. The summed E-state index contributed by atoms with van der Waals surface area (Å²) in [6, 6.07) is 6.42. The minimum absolute atomic E-state index is 0.909. The molecule has 0 bridgehead atoms. The summed E-state index contributed by atoms with van der Waals surface area (Å²) in [4.78, 5) is 0. The Kier molecular flexibility index (Phi) is 1.74. The van der Waals surface area contributed by atoms with Crippen molar-refractivity contribution in [2.45, 2.75) is 6.42 Å². The maximum Gasteiger partial charge on any atom is 0.163 e. The number of aryl methyl sites for hydroxylation is 1. The Labute approximate surface area is 88.0 Å². The monoisotopic (exact) mass is 200 g/mol. The number of aromatic nitrogens is 3. The van der Waals surface area contributed by atoms with Gasteiger partial charge in [0, 0.05) is 24.8 Å². The number of anilines is 1. The van der Waals surface area contributed by atoms with Crippen LogP contribution >= 0.6 is 0 Å². The van der Waals surface area contributed by atoms with Crippen molar-refractivity contribution < 1.29 is 0 Å². The Morgan fingerprint density at radius 2 is 2.33 bits per heavy atom. The fraction of sp³-hybridized carbons (Fsp3) is 0.273. The third-order valence-corrected chi connectivity index (χ3v) is 2.79. The quantitative estimate of drug-likeness (QED) is 0.757. The number of nitrogens with one attached hydrogen (secondary N) is 1. The molecule has 4 heteroatoms. The van der Waals surface area contributed by atoms with Gasteiger partial charge in [0.05, 0.1) is 0 Å². The van der Waals surface area contributed by atoms with Crippen LogP contribution in [0.25, 0.3) is 11.4 Å². The third kappa shape index (κ3) is 1.29. The molecule has 1 aliphatic heterocycles. The van der Waals surface area contributed by atoms with Gasteiger partial charge in [-0.1, -0.05) is 12.1 Å². The van der Waals surface area contributed by atoms with Gasteiger partial charge in [0.25, 0.3) is 0 Å². The molecule has 1 N–H and O–H groups in total. The Bertz CT molecular complexity index is 501. The first kappa shape index (κ1) is 8.47. The number of hydrogen-bond acceptors (Lipinski definition) is 3. The van der Waals surface area contributed by atoms with Gasteiger partial charge in [0.2, 0.25) is 0 Å². The van der Waals surface area contributed by atoms with Crippen LogP contribution in [0, 0.1) is 0 Å². The summed E-state index contributed by atoms with van der Waals surface area (Å²) in [7, 11) is 1.95. The molecule has 1 aromatic heterocycles. The van der Waals surface area contributed by atoms with Crippen LogP contribution in [0.2, 0.25) is 0 Å². The highest BCUT2D eigenvalue weighted by atomic mass is 15.2. The van der Waals surface area contributed by atoms with E-state index in [9.17, 15) is 0 Å². The van der Waals surface area contributed by atoms with Gasteiger partial charge < -0.3 is 9.88 Å². The molecule has 0 atom stereocenters. The lowest BCUT2D eigenvalue weighted by Gasteiger charge is -2.04. The second kappa shape index (κ2) is 3.08. The SMILES string of the molecule is Cn1cnnc1-c1ccc2c(c1)NCC2. The number of benzene rings is 1. The first-order chi connectivity index (χ1) is 7.34. The summed E-state index contributed by atoms with van der Waals surface area (Å²) in [6.07, 6.45) is 2.84. The van der Waals surface area contributed by atoms with Crippen molar-refractivity contribution in [1.82, 2.24) is 14.8 Å². The number of hydrogen-bond donors (Lipinski definition) is 1. The van der Waals surface area contributed by atoms with E-state index in [1.54, 1.807) is 6.33 Å². The lowest BCUT2D eigenvalue weighted by molar-refractivity contribution is 0.920. The minimum Gasteiger partial charge on any atom is -0.384 e. The molecule has 3 rings (SSSR count). The van der Waals surface area contributed by atoms with Crippen LogP contribution in [-0.4, -0.2) is 21.3 Å². The van der Waals surface area contributed by atoms with E-state index in [1.165, 1.54) is 11.3 Å². The van der Waals surface area contributed by atoms with E-state index in [0.29, 0.717) is 0 Å². The number of rotatable bonds is 1. The lowest BCUT2D eigenvalue weighted by atomic mass is 10.1. The zero-order chi connectivity index (χ0) is 10.3. The summed E-state index contributed by atoms with van der Waals surface area (Å²) in [5, 5.41) is 11.3. The fourth-order valence-electron chi connectivity index (χ4n) is 1.97.